The lowest BCUT2D eigenvalue weighted by atomic mass is 9.93. The Labute approximate surface area is 78.3 Å². The third-order valence-electron chi connectivity index (χ3n) is 2.25. The van der Waals surface area contributed by atoms with Crippen molar-refractivity contribution in [3.05, 3.63) is 0 Å². The maximum absolute atomic E-state index is 11.5. The zero-order valence-corrected chi connectivity index (χ0v) is 8.33. The number of hydrogen-bond acceptors (Lipinski definition) is 2. The summed E-state index contributed by atoms with van der Waals surface area (Å²) in [7, 11) is 3.40. The molecule has 0 bridgehead atoms. The Morgan fingerprint density at radius 3 is 2.62 bits per heavy atom. The molecule has 0 aromatic carbocycles. The van der Waals surface area contributed by atoms with E-state index in [0.29, 0.717) is 12.3 Å². The minimum Gasteiger partial charge on any atom is -0.347 e. The fourth-order valence-electron chi connectivity index (χ4n) is 1.59. The maximum Gasteiger partial charge on any atom is 0.244 e. The number of likely N-dealkylation sites (N-methyl/N-ethyl adjacent to an activating group) is 1. The highest BCUT2D eigenvalue weighted by atomic mass is 16.2. The predicted molar refractivity (Wildman–Crippen MR) is 49.0 cm³/mol. The molecule has 0 saturated carbocycles. The zero-order chi connectivity index (χ0) is 10.0. The molecule has 0 aliphatic carbocycles. The summed E-state index contributed by atoms with van der Waals surface area (Å²) < 4.78 is 0. The zero-order valence-electron chi connectivity index (χ0n) is 8.33. The number of carbonyl (C=O) groups is 2. The van der Waals surface area contributed by atoms with Gasteiger partial charge in [-0.25, -0.2) is 0 Å². The third kappa shape index (κ3) is 2.44. The SMILES string of the molecule is C[C@@H]1CC(=O)N[C@H](C(=O)N(C)C)C1. The van der Waals surface area contributed by atoms with Gasteiger partial charge in [-0.05, 0) is 12.3 Å². The van der Waals surface area contributed by atoms with Crippen molar-refractivity contribution >= 4 is 11.8 Å². The van der Waals surface area contributed by atoms with E-state index in [0.717, 1.165) is 6.42 Å². The van der Waals surface area contributed by atoms with Crippen LogP contribution in [0.15, 0.2) is 0 Å². The van der Waals surface area contributed by atoms with Crippen LogP contribution in [0.1, 0.15) is 19.8 Å². The lowest BCUT2D eigenvalue weighted by Gasteiger charge is -2.28. The second-order valence-electron chi connectivity index (χ2n) is 3.90. The molecular weight excluding hydrogens is 168 g/mol. The number of carbonyl (C=O) groups excluding carboxylic acids is 2. The van der Waals surface area contributed by atoms with Crippen LogP contribution in [0.25, 0.3) is 0 Å². The molecule has 1 heterocycles. The Balaban J connectivity index is 2.60. The Hall–Kier alpha value is -1.06. The molecule has 1 fully saturated rings. The number of rotatable bonds is 1. The quantitative estimate of drug-likeness (QED) is 0.623. The first-order chi connectivity index (χ1) is 6.00. The molecule has 0 aromatic rings. The first-order valence-electron chi connectivity index (χ1n) is 4.51. The monoisotopic (exact) mass is 184 g/mol. The highest BCUT2D eigenvalue weighted by Gasteiger charge is 2.29. The van der Waals surface area contributed by atoms with Gasteiger partial charge in [0.2, 0.25) is 11.8 Å². The largest absolute Gasteiger partial charge is 0.347 e. The Kier molecular flexibility index (Phi) is 2.90. The van der Waals surface area contributed by atoms with Gasteiger partial charge in [0.05, 0.1) is 0 Å². The van der Waals surface area contributed by atoms with E-state index >= 15 is 0 Å². The van der Waals surface area contributed by atoms with Gasteiger partial charge >= 0.3 is 0 Å². The highest BCUT2D eigenvalue weighted by Crippen LogP contribution is 2.16. The number of amides is 2. The lowest BCUT2D eigenvalue weighted by Crippen LogP contribution is -2.50. The summed E-state index contributed by atoms with van der Waals surface area (Å²) in [5.41, 5.74) is 0. The number of nitrogens with zero attached hydrogens (tertiary/aromatic N) is 1. The van der Waals surface area contributed by atoms with E-state index in [4.69, 9.17) is 0 Å². The van der Waals surface area contributed by atoms with E-state index in [-0.39, 0.29) is 17.9 Å². The average molecular weight is 184 g/mol. The normalized spacial score (nSPS) is 28.1. The van der Waals surface area contributed by atoms with Crippen molar-refractivity contribution in [1.29, 1.82) is 0 Å². The number of nitrogens with one attached hydrogen (secondary N) is 1. The van der Waals surface area contributed by atoms with E-state index in [2.05, 4.69) is 5.32 Å². The maximum atomic E-state index is 11.5. The van der Waals surface area contributed by atoms with Gasteiger partial charge in [-0.15, -0.1) is 0 Å². The number of piperidine rings is 1. The minimum atomic E-state index is -0.314. The molecular formula is C9H16N2O2. The second-order valence-corrected chi connectivity index (χ2v) is 3.90. The van der Waals surface area contributed by atoms with Gasteiger partial charge in [0.25, 0.3) is 0 Å². The molecule has 4 nitrogen and oxygen atoms in total. The number of hydrogen-bond donors (Lipinski definition) is 1. The lowest BCUT2D eigenvalue weighted by molar-refractivity contribution is -0.137. The van der Waals surface area contributed by atoms with Crippen LogP contribution in [-0.2, 0) is 9.59 Å². The molecule has 2 amide bonds. The van der Waals surface area contributed by atoms with Crippen molar-refractivity contribution in [2.24, 2.45) is 5.92 Å². The van der Waals surface area contributed by atoms with Crippen LogP contribution >= 0.6 is 0 Å². The van der Waals surface area contributed by atoms with Gasteiger partial charge < -0.3 is 10.2 Å². The standard InChI is InChI=1S/C9H16N2O2/c1-6-4-7(9(13)11(2)3)10-8(12)5-6/h6-7H,4-5H2,1-3H3,(H,10,12)/t6-,7-/m0/s1. The van der Waals surface area contributed by atoms with Crippen molar-refractivity contribution in [3.8, 4) is 0 Å². The fraction of sp³-hybridized carbons (Fsp3) is 0.778. The molecule has 4 heteroatoms. The van der Waals surface area contributed by atoms with Crippen molar-refractivity contribution in [3.63, 3.8) is 0 Å². The predicted octanol–water partition coefficient (Wildman–Crippen LogP) is -0.0107. The average Bonchev–Trinajstić information content (AvgIpc) is 2.01. The molecule has 13 heavy (non-hydrogen) atoms. The molecule has 0 spiro atoms. The van der Waals surface area contributed by atoms with Crippen LogP contribution in [0, 0.1) is 5.92 Å². The van der Waals surface area contributed by atoms with Gasteiger partial charge in [-0.2, -0.15) is 0 Å². The highest BCUT2D eigenvalue weighted by molar-refractivity contribution is 5.88. The Morgan fingerprint density at radius 1 is 1.54 bits per heavy atom. The van der Waals surface area contributed by atoms with Crippen LogP contribution in [-0.4, -0.2) is 36.9 Å². The van der Waals surface area contributed by atoms with E-state index in [1.807, 2.05) is 6.92 Å². The molecule has 2 atom stereocenters. The summed E-state index contributed by atoms with van der Waals surface area (Å²) in [6.45, 7) is 1.99. The van der Waals surface area contributed by atoms with E-state index in [9.17, 15) is 9.59 Å². The van der Waals surface area contributed by atoms with Gasteiger partial charge in [0, 0.05) is 20.5 Å². The molecule has 0 radical (unpaired) electrons. The summed E-state index contributed by atoms with van der Waals surface area (Å²) >= 11 is 0. The second kappa shape index (κ2) is 3.77. The molecule has 1 saturated heterocycles. The van der Waals surface area contributed by atoms with Gasteiger partial charge in [0.15, 0.2) is 0 Å². The molecule has 0 unspecified atom stereocenters. The molecule has 1 aliphatic heterocycles. The van der Waals surface area contributed by atoms with Crippen LogP contribution in [0.2, 0.25) is 0 Å². The van der Waals surface area contributed by atoms with Crippen molar-refractivity contribution in [2.75, 3.05) is 14.1 Å². The first-order valence-corrected chi connectivity index (χ1v) is 4.51. The molecule has 0 aromatic heterocycles. The van der Waals surface area contributed by atoms with Crippen molar-refractivity contribution in [1.82, 2.24) is 10.2 Å². The van der Waals surface area contributed by atoms with Crippen LogP contribution in [0.4, 0.5) is 0 Å². The third-order valence-corrected chi connectivity index (χ3v) is 2.25. The van der Waals surface area contributed by atoms with Gasteiger partial charge in [-0.3, -0.25) is 9.59 Å². The first kappa shape index (κ1) is 10.0. The molecule has 1 N–H and O–H groups in total. The Bertz CT molecular complexity index is 226. The van der Waals surface area contributed by atoms with Gasteiger partial charge in [0.1, 0.15) is 6.04 Å². The molecule has 1 aliphatic rings. The summed E-state index contributed by atoms with van der Waals surface area (Å²) in [5, 5.41) is 2.70. The molecule has 74 valence electrons. The summed E-state index contributed by atoms with van der Waals surface area (Å²) in [5.74, 6) is 0.279. The van der Waals surface area contributed by atoms with Crippen molar-refractivity contribution in [2.45, 2.75) is 25.8 Å². The topological polar surface area (TPSA) is 49.4 Å². The van der Waals surface area contributed by atoms with Gasteiger partial charge in [-0.1, -0.05) is 6.92 Å². The smallest absolute Gasteiger partial charge is 0.244 e. The van der Waals surface area contributed by atoms with E-state index in [1.165, 1.54) is 4.90 Å². The minimum absolute atomic E-state index is 0.0140. The fourth-order valence-corrected chi connectivity index (χ4v) is 1.59. The van der Waals surface area contributed by atoms with E-state index < -0.39 is 0 Å². The molecule has 1 rings (SSSR count). The van der Waals surface area contributed by atoms with Crippen LogP contribution in [0.3, 0.4) is 0 Å². The van der Waals surface area contributed by atoms with E-state index in [1.54, 1.807) is 14.1 Å². The summed E-state index contributed by atoms with van der Waals surface area (Å²) in [6.07, 6.45) is 1.29. The van der Waals surface area contributed by atoms with Crippen molar-refractivity contribution < 1.29 is 9.59 Å². The van der Waals surface area contributed by atoms with Crippen LogP contribution in [0.5, 0.6) is 0 Å². The van der Waals surface area contributed by atoms with Crippen LogP contribution < -0.4 is 5.32 Å². The summed E-state index contributed by atoms with van der Waals surface area (Å²) in [4.78, 5) is 24.1. The Morgan fingerprint density at radius 2 is 2.15 bits per heavy atom. The summed E-state index contributed by atoms with van der Waals surface area (Å²) in [6, 6.07) is -0.314.